The first kappa shape index (κ1) is 23.8. The van der Waals surface area contributed by atoms with Gasteiger partial charge in [-0.2, -0.15) is 0 Å². The summed E-state index contributed by atoms with van der Waals surface area (Å²) in [6, 6.07) is 21.2. The molecule has 3 fully saturated rings. The van der Waals surface area contributed by atoms with Crippen LogP contribution in [0.4, 0.5) is 10.5 Å². The van der Waals surface area contributed by atoms with Gasteiger partial charge >= 0.3 is 6.09 Å². The van der Waals surface area contributed by atoms with Crippen molar-refractivity contribution >= 4 is 11.8 Å². The molecule has 168 valence electrons. The van der Waals surface area contributed by atoms with Gasteiger partial charge in [-0.05, 0) is 25.5 Å². The normalized spacial score (nSPS) is 25.4. The molecule has 3 saturated heterocycles. The van der Waals surface area contributed by atoms with Crippen LogP contribution in [-0.4, -0.2) is 42.9 Å². The van der Waals surface area contributed by atoms with E-state index in [-0.39, 0.29) is 29.2 Å². The molecule has 2 bridgehead atoms. The zero-order chi connectivity index (χ0) is 21.0. The first-order valence-electron chi connectivity index (χ1n) is 11.6. The van der Waals surface area contributed by atoms with Crippen molar-refractivity contribution in [3.63, 3.8) is 0 Å². The van der Waals surface area contributed by atoms with Crippen LogP contribution in [0, 0.1) is 5.92 Å². The topological polar surface area (TPSA) is 29.5 Å². The molecule has 0 aromatic heterocycles. The van der Waals surface area contributed by atoms with Crippen LogP contribution in [0.15, 0.2) is 60.7 Å². The number of halogens is 1. The fourth-order valence-electron chi connectivity index (χ4n) is 5.33. The van der Waals surface area contributed by atoms with E-state index in [1.165, 1.54) is 18.7 Å². The number of para-hydroxylation sites is 1. The highest BCUT2D eigenvalue weighted by molar-refractivity contribution is 5.87. The Morgan fingerprint density at radius 2 is 1.68 bits per heavy atom. The number of carbonyl (C=O) groups excluding carboxylic acids is 1. The molecule has 0 aliphatic carbocycles. The lowest BCUT2D eigenvalue weighted by atomic mass is 9.81. The Balaban J connectivity index is 0.00000272. The molecule has 31 heavy (non-hydrogen) atoms. The van der Waals surface area contributed by atoms with Gasteiger partial charge in [0, 0.05) is 36.6 Å². The number of hydrogen-bond donors (Lipinski definition) is 0. The first-order chi connectivity index (χ1) is 14.6. The molecule has 0 spiro atoms. The number of quaternary nitrogens is 1. The van der Waals surface area contributed by atoms with Crippen LogP contribution in [0.3, 0.4) is 0 Å². The number of piperidine rings is 3. The number of carbonyl (C=O) groups is 1. The van der Waals surface area contributed by atoms with Crippen LogP contribution in [0.1, 0.15) is 51.1 Å². The Labute approximate surface area is 197 Å². The van der Waals surface area contributed by atoms with Crippen molar-refractivity contribution in [3.05, 3.63) is 66.2 Å². The van der Waals surface area contributed by atoms with Crippen LogP contribution in [0.25, 0.3) is 0 Å². The zero-order valence-electron chi connectivity index (χ0n) is 18.8. The van der Waals surface area contributed by atoms with Crippen molar-refractivity contribution in [2.24, 2.45) is 5.92 Å². The summed E-state index contributed by atoms with van der Waals surface area (Å²) >= 11 is 0. The Bertz CT molecular complexity index is 822. The molecule has 3 aliphatic heterocycles. The number of unbranched alkanes of at least 4 members (excludes halogenated alkanes) is 1. The van der Waals surface area contributed by atoms with E-state index in [0.29, 0.717) is 18.5 Å². The van der Waals surface area contributed by atoms with Crippen molar-refractivity contribution in [1.82, 2.24) is 0 Å². The van der Waals surface area contributed by atoms with E-state index >= 15 is 0 Å². The second-order valence-corrected chi connectivity index (χ2v) is 9.04. The highest BCUT2D eigenvalue weighted by Crippen LogP contribution is 2.42. The van der Waals surface area contributed by atoms with Crippen LogP contribution >= 0.6 is 0 Å². The molecule has 2 aromatic carbocycles. The maximum absolute atomic E-state index is 13.2. The van der Waals surface area contributed by atoms with Crippen LogP contribution in [0.5, 0.6) is 0 Å². The smallest absolute Gasteiger partial charge is 0.414 e. The minimum atomic E-state index is -0.182. The fraction of sp³-hybridized carbons (Fsp3) is 0.500. The summed E-state index contributed by atoms with van der Waals surface area (Å²) in [6.45, 7) is 8.51. The first-order valence-corrected chi connectivity index (χ1v) is 11.6. The predicted octanol–water partition coefficient (Wildman–Crippen LogP) is 2.80. The molecule has 5 heteroatoms. The molecule has 0 N–H and O–H groups in total. The van der Waals surface area contributed by atoms with Gasteiger partial charge in [-0.1, -0.05) is 61.9 Å². The second-order valence-electron chi connectivity index (χ2n) is 9.04. The number of hydrogen-bond acceptors (Lipinski definition) is 2. The molecule has 4 nitrogen and oxygen atoms in total. The molecule has 2 aromatic rings. The van der Waals surface area contributed by atoms with Crippen molar-refractivity contribution in [3.8, 4) is 0 Å². The number of benzene rings is 2. The van der Waals surface area contributed by atoms with E-state index in [9.17, 15) is 4.79 Å². The van der Waals surface area contributed by atoms with Crippen LogP contribution in [-0.2, 0) is 4.74 Å². The average Bonchev–Trinajstić information content (AvgIpc) is 2.81. The highest BCUT2D eigenvalue weighted by Gasteiger charge is 2.50. The van der Waals surface area contributed by atoms with Crippen molar-refractivity contribution in [1.29, 1.82) is 0 Å². The molecule has 3 aliphatic rings. The van der Waals surface area contributed by atoms with E-state index < -0.39 is 0 Å². The molecular weight excluding hydrogens is 452 g/mol. The van der Waals surface area contributed by atoms with E-state index in [1.54, 1.807) is 0 Å². The van der Waals surface area contributed by atoms with Gasteiger partial charge in [0.25, 0.3) is 0 Å². The standard InChI is InChI=1S/C26H35N2O2.BrH/c1-3-4-17-27(24-13-9-6-10-14-24)26(29)30-25-20-28(18-15-23(25)16-19-28)21(2)22-11-7-5-8-12-22;/h5-14,21,23,25H,3-4,15-20H2,1-2H3;1H/q+1;/p-1/t21?,23?,25-,28?;/m0./s1. The molecule has 3 heterocycles. The third-order valence-corrected chi connectivity index (χ3v) is 7.34. The zero-order valence-corrected chi connectivity index (χ0v) is 20.3. The molecular formula is C26H35BrN2O2. The number of amides is 1. The van der Waals surface area contributed by atoms with Gasteiger partial charge in [-0.15, -0.1) is 0 Å². The number of ether oxygens (including phenoxy) is 1. The van der Waals surface area contributed by atoms with Gasteiger partial charge < -0.3 is 26.2 Å². The largest absolute Gasteiger partial charge is 1.00 e. The number of fused-ring (bicyclic) bond motifs is 3. The van der Waals surface area contributed by atoms with Crippen molar-refractivity contribution < 1.29 is 31.0 Å². The SMILES string of the molecule is CCCCN(C(=O)O[C@H]1C[N+]2(C(C)c3ccccc3)CCC1CC2)c1ccccc1.[Br-]. The molecule has 0 saturated carbocycles. The van der Waals surface area contributed by atoms with Crippen LogP contribution in [0.2, 0.25) is 0 Å². The number of rotatable bonds is 7. The monoisotopic (exact) mass is 486 g/mol. The van der Waals surface area contributed by atoms with Gasteiger partial charge in [0.2, 0.25) is 0 Å². The van der Waals surface area contributed by atoms with Gasteiger partial charge in [-0.25, -0.2) is 4.79 Å². The van der Waals surface area contributed by atoms with Gasteiger partial charge in [-0.3, -0.25) is 4.90 Å². The predicted molar refractivity (Wildman–Crippen MR) is 121 cm³/mol. The van der Waals surface area contributed by atoms with Crippen molar-refractivity contribution in [2.75, 3.05) is 31.1 Å². The lowest BCUT2D eigenvalue weighted by Crippen LogP contribution is -3.00. The van der Waals surface area contributed by atoms with E-state index in [1.807, 2.05) is 35.2 Å². The minimum Gasteiger partial charge on any atom is -1.00 e. The van der Waals surface area contributed by atoms with Gasteiger partial charge in [0.15, 0.2) is 6.10 Å². The maximum Gasteiger partial charge on any atom is 0.414 e. The summed E-state index contributed by atoms with van der Waals surface area (Å²) in [5.41, 5.74) is 2.32. The number of nitrogens with zero attached hydrogens (tertiary/aromatic N) is 2. The third kappa shape index (κ3) is 5.15. The highest BCUT2D eigenvalue weighted by atomic mass is 79.9. The Hall–Kier alpha value is -1.85. The summed E-state index contributed by atoms with van der Waals surface area (Å²) < 4.78 is 7.26. The maximum atomic E-state index is 13.2. The molecule has 0 radical (unpaired) electrons. The summed E-state index contributed by atoms with van der Waals surface area (Å²) in [6.07, 6.45) is 4.16. The second kappa shape index (κ2) is 10.6. The minimum absolute atomic E-state index is 0. The summed E-state index contributed by atoms with van der Waals surface area (Å²) in [5, 5.41) is 0. The lowest BCUT2D eigenvalue weighted by molar-refractivity contribution is -0.972. The number of anilines is 1. The molecule has 1 unspecified atom stereocenters. The molecule has 2 atom stereocenters. The Morgan fingerprint density at radius 3 is 2.29 bits per heavy atom. The molecule has 5 rings (SSSR count). The molecule has 1 amide bonds. The summed E-state index contributed by atoms with van der Waals surface area (Å²) in [7, 11) is 0. The van der Waals surface area contributed by atoms with Gasteiger partial charge in [0.05, 0.1) is 13.1 Å². The summed E-state index contributed by atoms with van der Waals surface area (Å²) in [4.78, 5) is 15.1. The third-order valence-electron chi connectivity index (χ3n) is 7.34. The quantitative estimate of drug-likeness (QED) is 0.563. The van der Waals surface area contributed by atoms with Crippen molar-refractivity contribution in [2.45, 2.75) is 51.7 Å². The summed E-state index contributed by atoms with van der Waals surface area (Å²) in [5.74, 6) is 0.501. The van der Waals surface area contributed by atoms with E-state index in [4.69, 9.17) is 4.74 Å². The van der Waals surface area contributed by atoms with E-state index in [2.05, 4.69) is 44.2 Å². The van der Waals surface area contributed by atoms with E-state index in [0.717, 1.165) is 42.4 Å². The Morgan fingerprint density at radius 1 is 1.06 bits per heavy atom. The fourth-order valence-corrected chi connectivity index (χ4v) is 5.33. The average molecular weight is 487 g/mol. The van der Waals surface area contributed by atoms with Gasteiger partial charge in [0.1, 0.15) is 12.6 Å². The Kier molecular flexibility index (Phi) is 8.17. The van der Waals surface area contributed by atoms with Crippen LogP contribution < -0.4 is 21.9 Å². The lowest BCUT2D eigenvalue weighted by Gasteiger charge is -2.55.